The quantitative estimate of drug-likeness (QED) is 0.896. The fraction of sp³-hybridized carbons (Fsp3) is 0.667. The topological polar surface area (TPSA) is 49.4 Å². The van der Waals surface area contributed by atoms with Crippen LogP contribution in [0.2, 0.25) is 0 Å². The first kappa shape index (κ1) is 16.9. The first-order chi connectivity index (χ1) is 11.1. The van der Waals surface area contributed by atoms with Crippen molar-refractivity contribution in [1.82, 2.24) is 9.03 Å². The van der Waals surface area contributed by atoms with Gasteiger partial charge in [-0.15, -0.1) is 0 Å². The maximum atomic E-state index is 12.8. The van der Waals surface area contributed by atoms with Crippen LogP contribution in [0.25, 0.3) is 0 Å². The average molecular weight is 337 g/mol. The van der Waals surface area contributed by atoms with Crippen molar-refractivity contribution in [3.05, 3.63) is 35.4 Å². The van der Waals surface area contributed by atoms with E-state index in [-0.39, 0.29) is 6.04 Å². The van der Waals surface area contributed by atoms with Crippen LogP contribution < -0.4 is 4.72 Å². The Labute approximate surface area is 140 Å². The van der Waals surface area contributed by atoms with E-state index in [1.807, 2.05) is 13.0 Å². The molecule has 0 saturated heterocycles. The van der Waals surface area contributed by atoms with Gasteiger partial charge in [-0.25, -0.2) is 4.72 Å². The van der Waals surface area contributed by atoms with Gasteiger partial charge in [0.2, 0.25) is 0 Å². The third kappa shape index (κ3) is 3.62. The molecule has 2 aliphatic rings. The summed E-state index contributed by atoms with van der Waals surface area (Å²) in [7, 11) is -3.40. The van der Waals surface area contributed by atoms with E-state index in [4.69, 9.17) is 0 Å². The number of hydrogen-bond acceptors (Lipinski definition) is 2. The van der Waals surface area contributed by atoms with Crippen molar-refractivity contribution in [2.24, 2.45) is 5.92 Å². The van der Waals surface area contributed by atoms with Crippen LogP contribution in [0.3, 0.4) is 0 Å². The Hall–Kier alpha value is -0.910. The van der Waals surface area contributed by atoms with Crippen molar-refractivity contribution in [1.29, 1.82) is 0 Å². The van der Waals surface area contributed by atoms with E-state index in [0.29, 0.717) is 19.0 Å². The highest BCUT2D eigenvalue weighted by Gasteiger charge is 2.39. The minimum absolute atomic E-state index is 0.00889. The lowest BCUT2D eigenvalue weighted by Crippen LogP contribution is -2.48. The highest BCUT2D eigenvalue weighted by Crippen LogP contribution is 2.42. The van der Waals surface area contributed by atoms with Crippen molar-refractivity contribution in [3.8, 4) is 0 Å². The largest absolute Gasteiger partial charge is 0.280 e. The Morgan fingerprint density at radius 2 is 1.91 bits per heavy atom. The molecule has 1 atom stereocenters. The number of benzene rings is 1. The Bertz CT molecular complexity index is 624. The van der Waals surface area contributed by atoms with Crippen LogP contribution in [0.5, 0.6) is 0 Å². The van der Waals surface area contributed by atoms with Crippen molar-refractivity contribution >= 4 is 10.2 Å². The van der Waals surface area contributed by atoms with Crippen LogP contribution in [-0.4, -0.2) is 25.8 Å². The van der Waals surface area contributed by atoms with Gasteiger partial charge >= 0.3 is 0 Å². The van der Waals surface area contributed by atoms with Crippen LogP contribution in [0.15, 0.2) is 24.3 Å². The van der Waals surface area contributed by atoms with E-state index in [1.54, 1.807) is 4.31 Å². The van der Waals surface area contributed by atoms with E-state index >= 15 is 0 Å². The van der Waals surface area contributed by atoms with Crippen LogP contribution in [0.4, 0.5) is 0 Å². The molecule has 0 radical (unpaired) electrons. The number of rotatable bonds is 5. The molecule has 1 aliphatic heterocycles. The zero-order valence-electron chi connectivity index (χ0n) is 14.0. The van der Waals surface area contributed by atoms with Crippen molar-refractivity contribution in [2.75, 3.05) is 13.1 Å². The molecular weight excluding hydrogens is 308 g/mol. The minimum atomic E-state index is -3.40. The standard InChI is InChI=1S/C18H28N2O2S/c1-2-13-19-23(21,22)20-14-12-15-8-6-7-11-17(15)18(20)16-9-4-3-5-10-16/h6-8,11,16,18-19H,2-5,9-10,12-14H2,1H3. The highest BCUT2D eigenvalue weighted by atomic mass is 32.2. The molecule has 1 aromatic rings. The summed E-state index contributed by atoms with van der Waals surface area (Å²) < 4.78 is 30.2. The average Bonchev–Trinajstić information content (AvgIpc) is 2.59. The van der Waals surface area contributed by atoms with Gasteiger partial charge in [0.25, 0.3) is 10.2 Å². The molecule has 1 heterocycles. The van der Waals surface area contributed by atoms with Gasteiger partial charge in [-0.3, -0.25) is 0 Å². The molecule has 23 heavy (non-hydrogen) atoms. The summed E-state index contributed by atoms with van der Waals surface area (Å²) in [5, 5.41) is 0. The summed E-state index contributed by atoms with van der Waals surface area (Å²) in [6.45, 7) is 3.10. The monoisotopic (exact) mass is 336 g/mol. The highest BCUT2D eigenvalue weighted by molar-refractivity contribution is 7.87. The Balaban J connectivity index is 1.95. The van der Waals surface area contributed by atoms with Crippen LogP contribution in [-0.2, 0) is 16.6 Å². The van der Waals surface area contributed by atoms with Gasteiger partial charge in [-0.05, 0) is 42.7 Å². The third-order valence-electron chi connectivity index (χ3n) is 5.23. The fourth-order valence-electron chi connectivity index (χ4n) is 4.10. The molecule has 0 bridgehead atoms. The van der Waals surface area contributed by atoms with Crippen molar-refractivity contribution in [2.45, 2.75) is 57.9 Å². The lowest BCUT2D eigenvalue weighted by molar-refractivity contribution is 0.182. The summed E-state index contributed by atoms with van der Waals surface area (Å²) in [4.78, 5) is 0. The SMILES string of the molecule is CCCNS(=O)(=O)N1CCc2ccccc2C1C1CCCCC1. The fourth-order valence-corrected chi connectivity index (χ4v) is 5.64. The lowest BCUT2D eigenvalue weighted by Gasteiger charge is -2.42. The minimum Gasteiger partial charge on any atom is -0.202 e. The van der Waals surface area contributed by atoms with Crippen LogP contribution in [0.1, 0.15) is 62.6 Å². The molecule has 0 amide bonds. The summed E-state index contributed by atoms with van der Waals surface area (Å²) >= 11 is 0. The Morgan fingerprint density at radius 1 is 1.17 bits per heavy atom. The second-order valence-corrected chi connectivity index (χ2v) is 8.51. The molecule has 128 valence electrons. The normalized spacial score (nSPS) is 23.6. The summed E-state index contributed by atoms with van der Waals surface area (Å²) in [5.41, 5.74) is 2.55. The zero-order valence-corrected chi connectivity index (χ0v) is 14.8. The first-order valence-electron chi connectivity index (χ1n) is 8.97. The first-order valence-corrected chi connectivity index (χ1v) is 10.4. The van der Waals surface area contributed by atoms with Gasteiger partial charge in [-0.1, -0.05) is 50.5 Å². The smallest absolute Gasteiger partial charge is 0.202 e. The molecule has 0 aromatic heterocycles. The number of nitrogens with zero attached hydrogens (tertiary/aromatic N) is 1. The zero-order chi connectivity index (χ0) is 16.3. The van der Waals surface area contributed by atoms with Crippen molar-refractivity contribution < 1.29 is 8.42 Å². The maximum Gasteiger partial charge on any atom is 0.280 e. The molecule has 5 heteroatoms. The maximum absolute atomic E-state index is 12.8. The van der Waals surface area contributed by atoms with E-state index in [2.05, 4.69) is 22.9 Å². The molecule has 1 N–H and O–H groups in total. The predicted octanol–water partition coefficient (Wildman–Crippen LogP) is 3.41. The van der Waals surface area contributed by atoms with Gasteiger partial charge in [0.1, 0.15) is 0 Å². The molecule has 1 unspecified atom stereocenters. The molecule has 1 fully saturated rings. The third-order valence-corrected chi connectivity index (χ3v) is 6.82. The Kier molecular flexibility index (Phi) is 5.39. The van der Waals surface area contributed by atoms with Gasteiger partial charge in [0, 0.05) is 13.1 Å². The van der Waals surface area contributed by atoms with Gasteiger partial charge in [-0.2, -0.15) is 12.7 Å². The summed E-state index contributed by atoms with van der Waals surface area (Å²) in [6, 6.07) is 8.42. The summed E-state index contributed by atoms with van der Waals surface area (Å²) in [6.07, 6.45) is 7.63. The van der Waals surface area contributed by atoms with E-state index in [1.165, 1.54) is 30.4 Å². The molecule has 1 saturated carbocycles. The van der Waals surface area contributed by atoms with Gasteiger partial charge < -0.3 is 0 Å². The molecule has 3 rings (SSSR count). The molecule has 1 aliphatic carbocycles. The van der Waals surface area contributed by atoms with Crippen molar-refractivity contribution in [3.63, 3.8) is 0 Å². The van der Waals surface area contributed by atoms with E-state index in [9.17, 15) is 8.42 Å². The van der Waals surface area contributed by atoms with Gasteiger partial charge in [0.05, 0.1) is 6.04 Å². The molecular formula is C18H28N2O2S. The molecule has 4 nitrogen and oxygen atoms in total. The van der Waals surface area contributed by atoms with E-state index in [0.717, 1.165) is 25.7 Å². The van der Waals surface area contributed by atoms with Gasteiger partial charge in [0.15, 0.2) is 0 Å². The summed E-state index contributed by atoms with van der Waals surface area (Å²) in [5.74, 6) is 0.448. The van der Waals surface area contributed by atoms with E-state index < -0.39 is 10.2 Å². The molecule has 1 aromatic carbocycles. The second kappa shape index (κ2) is 7.32. The van der Waals surface area contributed by atoms with Crippen LogP contribution in [0, 0.1) is 5.92 Å². The lowest BCUT2D eigenvalue weighted by atomic mass is 9.78. The number of nitrogens with one attached hydrogen (secondary N) is 1. The predicted molar refractivity (Wildman–Crippen MR) is 93.4 cm³/mol. The second-order valence-electron chi connectivity index (χ2n) is 6.80. The Morgan fingerprint density at radius 3 is 2.65 bits per heavy atom. The molecule has 0 spiro atoms. The number of fused-ring (bicyclic) bond motifs is 1. The number of hydrogen-bond donors (Lipinski definition) is 1. The van der Waals surface area contributed by atoms with Crippen LogP contribution >= 0.6 is 0 Å².